The summed E-state index contributed by atoms with van der Waals surface area (Å²) in [6.07, 6.45) is 1.41. The number of hydrogen-bond acceptors (Lipinski definition) is 1. The van der Waals surface area contributed by atoms with Crippen LogP contribution in [0.3, 0.4) is 0 Å². The van der Waals surface area contributed by atoms with E-state index in [-0.39, 0.29) is 0 Å². The highest BCUT2D eigenvalue weighted by atomic mass is 35.5. The van der Waals surface area contributed by atoms with E-state index in [9.17, 15) is 5.11 Å². The van der Waals surface area contributed by atoms with Gasteiger partial charge < -0.3 is 5.11 Å². The van der Waals surface area contributed by atoms with Gasteiger partial charge in [-0.05, 0) is 36.6 Å². The first-order valence-corrected chi connectivity index (χ1v) is 6.67. The van der Waals surface area contributed by atoms with Gasteiger partial charge in [0, 0.05) is 10.6 Å². The van der Waals surface area contributed by atoms with Crippen LogP contribution in [-0.4, -0.2) is 11.2 Å². The molecular formula is C17H17ClO. The minimum Gasteiger partial charge on any atom is -0.389 e. The Bertz CT molecular complexity index is 582. The molecule has 1 atom stereocenters. The Balaban J connectivity index is 2.32. The van der Waals surface area contributed by atoms with Crippen LogP contribution in [0, 0.1) is 0 Å². The van der Waals surface area contributed by atoms with Crippen molar-refractivity contribution in [2.45, 2.75) is 20.0 Å². The van der Waals surface area contributed by atoms with E-state index in [1.165, 1.54) is 0 Å². The molecule has 98 valence electrons. The topological polar surface area (TPSA) is 20.2 Å². The maximum absolute atomic E-state index is 9.36. The highest BCUT2D eigenvalue weighted by molar-refractivity contribution is 6.33. The molecule has 1 unspecified atom stereocenters. The molecule has 0 saturated carbocycles. The lowest BCUT2D eigenvalue weighted by Crippen LogP contribution is -1.94. The smallest absolute Gasteiger partial charge is 0.0698 e. The average molecular weight is 273 g/mol. The Labute approximate surface area is 119 Å². The van der Waals surface area contributed by atoms with Crippen molar-refractivity contribution in [3.63, 3.8) is 0 Å². The fourth-order valence-corrected chi connectivity index (χ4v) is 2.31. The van der Waals surface area contributed by atoms with Gasteiger partial charge in [0.15, 0.2) is 0 Å². The zero-order valence-corrected chi connectivity index (χ0v) is 11.9. The van der Waals surface area contributed by atoms with Gasteiger partial charge in [0.1, 0.15) is 0 Å². The number of rotatable bonds is 3. The summed E-state index contributed by atoms with van der Waals surface area (Å²) in [4.78, 5) is 0. The monoisotopic (exact) mass is 272 g/mol. The highest BCUT2D eigenvalue weighted by Crippen LogP contribution is 2.28. The average Bonchev–Trinajstić information content (AvgIpc) is 2.39. The molecule has 1 nitrogen and oxygen atoms in total. The Morgan fingerprint density at radius 3 is 2.32 bits per heavy atom. The van der Waals surface area contributed by atoms with E-state index < -0.39 is 6.10 Å². The lowest BCUT2D eigenvalue weighted by atomic mass is 10.0. The van der Waals surface area contributed by atoms with Gasteiger partial charge in [0.2, 0.25) is 0 Å². The molecular weight excluding hydrogens is 256 g/mol. The predicted molar refractivity (Wildman–Crippen MR) is 82.2 cm³/mol. The van der Waals surface area contributed by atoms with Crippen molar-refractivity contribution in [1.82, 2.24) is 0 Å². The summed E-state index contributed by atoms with van der Waals surface area (Å²) in [5.41, 5.74) is 4.31. The molecule has 0 saturated heterocycles. The number of halogens is 1. The molecule has 0 bridgehead atoms. The molecule has 2 aromatic rings. The summed E-state index contributed by atoms with van der Waals surface area (Å²) in [5, 5.41) is 10.1. The molecule has 2 rings (SSSR count). The van der Waals surface area contributed by atoms with Crippen LogP contribution in [0.15, 0.2) is 54.6 Å². The van der Waals surface area contributed by atoms with Crippen LogP contribution in [0.5, 0.6) is 0 Å². The number of aliphatic hydroxyl groups is 1. The molecule has 0 aliphatic rings. The minimum atomic E-state index is -0.428. The second-order valence-electron chi connectivity index (χ2n) is 4.65. The molecule has 1 N–H and O–H groups in total. The van der Waals surface area contributed by atoms with Gasteiger partial charge in [-0.2, -0.15) is 0 Å². The summed E-state index contributed by atoms with van der Waals surface area (Å²) >= 11 is 6.19. The lowest BCUT2D eigenvalue weighted by molar-refractivity contribution is 0.244. The molecule has 0 aliphatic heterocycles. The lowest BCUT2D eigenvalue weighted by Gasteiger charge is -2.07. The number of benzene rings is 2. The number of allylic oxidation sites excluding steroid dienone is 1. The maximum Gasteiger partial charge on any atom is 0.0698 e. The van der Waals surface area contributed by atoms with Crippen LogP contribution in [0.4, 0.5) is 0 Å². The van der Waals surface area contributed by atoms with Gasteiger partial charge in [0.05, 0.1) is 6.10 Å². The number of aliphatic hydroxyl groups excluding tert-OH is 1. The second-order valence-corrected chi connectivity index (χ2v) is 5.05. The first-order valence-electron chi connectivity index (χ1n) is 6.30. The van der Waals surface area contributed by atoms with Gasteiger partial charge in [-0.3, -0.25) is 0 Å². The third kappa shape index (κ3) is 3.46. The normalized spacial score (nSPS) is 13.4. The van der Waals surface area contributed by atoms with Crippen LogP contribution in [0.25, 0.3) is 16.7 Å². The van der Waals surface area contributed by atoms with Crippen LogP contribution >= 0.6 is 11.6 Å². The van der Waals surface area contributed by atoms with Gasteiger partial charge >= 0.3 is 0 Å². The van der Waals surface area contributed by atoms with Crippen LogP contribution < -0.4 is 0 Å². The van der Waals surface area contributed by atoms with Crippen LogP contribution in [0.1, 0.15) is 19.4 Å². The Hall–Kier alpha value is -1.57. The molecule has 0 amide bonds. The van der Waals surface area contributed by atoms with Gasteiger partial charge in [-0.15, -0.1) is 0 Å². The quantitative estimate of drug-likeness (QED) is 0.852. The van der Waals surface area contributed by atoms with Crippen molar-refractivity contribution in [2.24, 2.45) is 0 Å². The zero-order valence-electron chi connectivity index (χ0n) is 11.1. The summed E-state index contributed by atoms with van der Waals surface area (Å²) in [7, 11) is 0. The van der Waals surface area contributed by atoms with Gasteiger partial charge in [-0.25, -0.2) is 0 Å². The van der Waals surface area contributed by atoms with Crippen molar-refractivity contribution >= 4 is 17.2 Å². The largest absolute Gasteiger partial charge is 0.389 e. The Morgan fingerprint density at radius 2 is 1.74 bits per heavy atom. The van der Waals surface area contributed by atoms with Crippen LogP contribution in [-0.2, 0) is 0 Å². The first kappa shape index (κ1) is 13.9. The van der Waals surface area contributed by atoms with Gasteiger partial charge in [0.25, 0.3) is 0 Å². The molecule has 0 aliphatic carbocycles. The minimum absolute atomic E-state index is 0.428. The third-order valence-corrected chi connectivity index (χ3v) is 3.35. The van der Waals surface area contributed by atoms with E-state index in [4.69, 9.17) is 11.6 Å². The first-order chi connectivity index (χ1) is 9.08. The molecule has 2 heteroatoms. The van der Waals surface area contributed by atoms with Crippen molar-refractivity contribution in [1.29, 1.82) is 0 Å². The fourth-order valence-electron chi connectivity index (χ4n) is 2.07. The number of hydrogen-bond donors (Lipinski definition) is 1. The maximum atomic E-state index is 9.36. The van der Waals surface area contributed by atoms with E-state index in [0.717, 1.165) is 27.3 Å². The van der Waals surface area contributed by atoms with Crippen LogP contribution in [0.2, 0.25) is 5.02 Å². The van der Waals surface area contributed by atoms with Crippen molar-refractivity contribution in [3.05, 3.63) is 65.2 Å². The molecule has 0 heterocycles. The second kappa shape index (κ2) is 6.05. The Morgan fingerprint density at radius 1 is 1.11 bits per heavy atom. The zero-order chi connectivity index (χ0) is 13.8. The molecule has 19 heavy (non-hydrogen) atoms. The molecule has 0 spiro atoms. The summed E-state index contributed by atoms with van der Waals surface area (Å²) in [5.74, 6) is 0. The van der Waals surface area contributed by atoms with Gasteiger partial charge in [-0.1, -0.05) is 60.1 Å². The van der Waals surface area contributed by atoms with E-state index in [1.807, 2.05) is 49.4 Å². The standard InChI is InChI=1S/C17H17ClO/c1-12(11-13(2)19)14-7-9-15(10-8-14)16-5-3-4-6-17(16)18/h3-11,13,19H,1-2H3/b12-11-. The van der Waals surface area contributed by atoms with E-state index >= 15 is 0 Å². The molecule has 2 aromatic carbocycles. The Kier molecular flexibility index (Phi) is 4.41. The highest BCUT2D eigenvalue weighted by Gasteiger charge is 2.03. The third-order valence-electron chi connectivity index (χ3n) is 3.02. The van der Waals surface area contributed by atoms with Crippen molar-refractivity contribution in [2.75, 3.05) is 0 Å². The fraction of sp³-hybridized carbons (Fsp3) is 0.176. The summed E-state index contributed by atoms with van der Waals surface area (Å²) in [6, 6.07) is 16.0. The summed E-state index contributed by atoms with van der Waals surface area (Å²) < 4.78 is 0. The van der Waals surface area contributed by atoms with E-state index in [0.29, 0.717) is 0 Å². The van der Waals surface area contributed by atoms with E-state index in [1.54, 1.807) is 6.92 Å². The van der Waals surface area contributed by atoms with Crippen molar-refractivity contribution < 1.29 is 5.11 Å². The SMILES string of the molecule is C/C(=C/C(C)O)c1ccc(-c2ccccc2Cl)cc1. The summed E-state index contributed by atoms with van der Waals surface area (Å²) in [6.45, 7) is 3.75. The molecule has 0 aromatic heterocycles. The van der Waals surface area contributed by atoms with E-state index in [2.05, 4.69) is 12.1 Å². The van der Waals surface area contributed by atoms with Crippen molar-refractivity contribution in [3.8, 4) is 11.1 Å². The molecule has 0 radical (unpaired) electrons. The molecule has 0 fully saturated rings. The predicted octanol–water partition coefficient (Wildman–Crippen LogP) is 4.79.